The highest BCUT2D eigenvalue weighted by atomic mass is 16.4. The number of rotatable bonds is 7. The molecule has 0 aliphatic heterocycles. The molecule has 3 aromatic rings. The summed E-state index contributed by atoms with van der Waals surface area (Å²) in [4.78, 5) is 28.3. The second-order valence-electron chi connectivity index (χ2n) is 6.91. The molecule has 1 amide bonds. The second-order valence-corrected chi connectivity index (χ2v) is 6.91. The minimum Gasteiger partial charge on any atom is -0.480 e. The van der Waals surface area contributed by atoms with E-state index in [4.69, 9.17) is 0 Å². The molecule has 1 aromatic heterocycles. The highest BCUT2D eigenvalue weighted by molar-refractivity contribution is 5.84. The number of hydrogen-bond donors (Lipinski definition) is 2. The standard InChI is InChI=1S/C21H21N3O3/c25-19(23-20(21(26)27)14-10-11-14)13-12-18-22-16-8-4-5-9-17(16)24(18)15-6-2-1-3-7-15/h1-9,14,20H,10-13H2,(H,23,25)(H,26,27). The zero-order valence-electron chi connectivity index (χ0n) is 14.8. The Labute approximate surface area is 156 Å². The zero-order valence-corrected chi connectivity index (χ0v) is 14.8. The van der Waals surface area contributed by atoms with Crippen molar-refractivity contribution in [3.05, 3.63) is 60.4 Å². The first-order chi connectivity index (χ1) is 13.1. The number of aryl methyl sites for hydroxylation is 1. The first-order valence-electron chi connectivity index (χ1n) is 9.17. The van der Waals surface area contributed by atoms with Crippen LogP contribution in [0.1, 0.15) is 25.1 Å². The van der Waals surface area contributed by atoms with E-state index < -0.39 is 12.0 Å². The van der Waals surface area contributed by atoms with Crippen LogP contribution in [0.5, 0.6) is 0 Å². The molecule has 1 fully saturated rings. The molecule has 0 saturated heterocycles. The van der Waals surface area contributed by atoms with Crippen molar-refractivity contribution in [3.63, 3.8) is 0 Å². The molecule has 2 N–H and O–H groups in total. The Morgan fingerprint density at radius 2 is 1.81 bits per heavy atom. The van der Waals surface area contributed by atoms with Gasteiger partial charge in [0, 0.05) is 18.5 Å². The normalized spacial score (nSPS) is 14.8. The van der Waals surface area contributed by atoms with Gasteiger partial charge in [0.15, 0.2) is 0 Å². The number of nitrogens with zero attached hydrogens (tertiary/aromatic N) is 2. The fourth-order valence-electron chi connectivity index (χ4n) is 3.39. The quantitative estimate of drug-likeness (QED) is 0.676. The molecule has 4 rings (SSSR count). The Hall–Kier alpha value is -3.15. The van der Waals surface area contributed by atoms with Crippen molar-refractivity contribution in [1.82, 2.24) is 14.9 Å². The molecule has 1 saturated carbocycles. The Balaban J connectivity index is 1.55. The van der Waals surface area contributed by atoms with Crippen molar-refractivity contribution in [2.24, 2.45) is 5.92 Å². The van der Waals surface area contributed by atoms with E-state index in [9.17, 15) is 14.7 Å². The molecule has 138 valence electrons. The highest BCUT2D eigenvalue weighted by Crippen LogP contribution is 2.32. The number of carbonyl (C=O) groups is 2. The zero-order chi connectivity index (χ0) is 18.8. The van der Waals surface area contributed by atoms with Crippen LogP contribution in [0.2, 0.25) is 0 Å². The average Bonchev–Trinajstić information content (AvgIpc) is 3.44. The molecule has 1 aliphatic rings. The lowest BCUT2D eigenvalue weighted by atomic mass is 10.1. The summed E-state index contributed by atoms with van der Waals surface area (Å²) in [5, 5.41) is 11.9. The number of carboxylic acid groups (broad SMARTS) is 1. The number of fused-ring (bicyclic) bond motifs is 1. The third-order valence-electron chi connectivity index (χ3n) is 4.90. The van der Waals surface area contributed by atoms with E-state index in [0.717, 1.165) is 35.4 Å². The Morgan fingerprint density at radius 3 is 2.52 bits per heavy atom. The Bertz CT molecular complexity index is 977. The summed E-state index contributed by atoms with van der Waals surface area (Å²) in [6, 6.07) is 17.0. The molecule has 0 spiro atoms. The van der Waals surface area contributed by atoms with Gasteiger partial charge in [-0.05, 0) is 43.0 Å². The number of amides is 1. The number of aliphatic carboxylic acids is 1. The van der Waals surface area contributed by atoms with Crippen molar-refractivity contribution < 1.29 is 14.7 Å². The van der Waals surface area contributed by atoms with E-state index in [1.54, 1.807) is 0 Å². The van der Waals surface area contributed by atoms with Gasteiger partial charge in [0.1, 0.15) is 11.9 Å². The number of carbonyl (C=O) groups excluding carboxylic acids is 1. The first-order valence-corrected chi connectivity index (χ1v) is 9.17. The van der Waals surface area contributed by atoms with Crippen LogP contribution in [0.25, 0.3) is 16.7 Å². The lowest BCUT2D eigenvalue weighted by molar-refractivity contribution is -0.142. The van der Waals surface area contributed by atoms with Crippen molar-refractivity contribution in [2.45, 2.75) is 31.7 Å². The maximum Gasteiger partial charge on any atom is 0.326 e. The molecular formula is C21H21N3O3. The molecule has 1 unspecified atom stereocenters. The molecule has 1 aliphatic carbocycles. The van der Waals surface area contributed by atoms with Gasteiger partial charge in [-0.1, -0.05) is 30.3 Å². The van der Waals surface area contributed by atoms with E-state index in [0.29, 0.717) is 6.42 Å². The van der Waals surface area contributed by atoms with Gasteiger partial charge in [-0.25, -0.2) is 9.78 Å². The number of benzene rings is 2. The van der Waals surface area contributed by atoms with Gasteiger partial charge < -0.3 is 10.4 Å². The van der Waals surface area contributed by atoms with E-state index in [2.05, 4.69) is 14.9 Å². The van der Waals surface area contributed by atoms with Gasteiger partial charge in [-0.15, -0.1) is 0 Å². The van der Waals surface area contributed by atoms with Gasteiger partial charge in [0.25, 0.3) is 0 Å². The lowest BCUT2D eigenvalue weighted by Crippen LogP contribution is -2.42. The number of nitrogens with one attached hydrogen (secondary N) is 1. The van der Waals surface area contributed by atoms with Crippen molar-refractivity contribution in [2.75, 3.05) is 0 Å². The molecular weight excluding hydrogens is 342 g/mol. The molecule has 6 nitrogen and oxygen atoms in total. The predicted octanol–water partition coefficient (Wildman–Crippen LogP) is 2.94. The van der Waals surface area contributed by atoms with Gasteiger partial charge >= 0.3 is 5.97 Å². The minimum absolute atomic E-state index is 0.0698. The van der Waals surface area contributed by atoms with Crippen LogP contribution in [0, 0.1) is 5.92 Å². The third-order valence-corrected chi connectivity index (χ3v) is 4.90. The number of imidazole rings is 1. The first kappa shape index (κ1) is 17.3. The van der Waals surface area contributed by atoms with Gasteiger partial charge in [-0.3, -0.25) is 9.36 Å². The van der Waals surface area contributed by atoms with E-state index in [1.807, 2.05) is 54.6 Å². The smallest absolute Gasteiger partial charge is 0.326 e. The lowest BCUT2D eigenvalue weighted by Gasteiger charge is -2.14. The number of aromatic nitrogens is 2. The highest BCUT2D eigenvalue weighted by Gasteiger charge is 2.37. The van der Waals surface area contributed by atoms with Crippen molar-refractivity contribution in [3.8, 4) is 5.69 Å². The van der Waals surface area contributed by atoms with Crippen LogP contribution in [0.15, 0.2) is 54.6 Å². The SMILES string of the molecule is O=C(CCc1nc2ccccc2n1-c1ccccc1)NC(C(=O)O)C1CC1. The third kappa shape index (κ3) is 3.69. The number of hydrogen-bond acceptors (Lipinski definition) is 3. The van der Waals surface area contributed by atoms with E-state index >= 15 is 0 Å². The maximum absolute atomic E-state index is 12.3. The summed E-state index contributed by atoms with van der Waals surface area (Å²) in [5.74, 6) is -0.348. The van der Waals surface area contributed by atoms with Crippen molar-refractivity contribution in [1.29, 1.82) is 0 Å². The molecule has 0 bridgehead atoms. The van der Waals surface area contributed by atoms with Gasteiger partial charge in [0.2, 0.25) is 5.91 Å². The summed E-state index contributed by atoms with van der Waals surface area (Å²) in [7, 11) is 0. The van der Waals surface area contributed by atoms with Crippen LogP contribution < -0.4 is 5.32 Å². The molecule has 2 aromatic carbocycles. The largest absolute Gasteiger partial charge is 0.480 e. The predicted molar refractivity (Wildman–Crippen MR) is 102 cm³/mol. The van der Waals surface area contributed by atoms with Crippen LogP contribution in [0.3, 0.4) is 0 Å². The number of para-hydroxylation sites is 3. The molecule has 0 radical (unpaired) electrons. The molecule has 1 atom stereocenters. The van der Waals surface area contributed by atoms with Gasteiger partial charge in [0.05, 0.1) is 11.0 Å². The van der Waals surface area contributed by atoms with Crippen LogP contribution in [-0.2, 0) is 16.0 Å². The van der Waals surface area contributed by atoms with E-state index in [-0.39, 0.29) is 18.2 Å². The monoisotopic (exact) mass is 363 g/mol. The Kier molecular flexibility index (Phi) is 4.62. The molecule has 6 heteroatoms. The number of carboxylic acids is 1. The summed E-state index contributed by atoms with van der Waals surface area (Å²) in [6.07, 6.45) is 2.36. The van der Waals surface area contributed by atoms with Crippen LogP contribution in [0.4, 0.5) is 0 Å². The van der Waals surface area contributed by atoms with Crippen LogP contribution >= 0.6 is 0 Å². The average molecular weight is 363 g/mol. The van der Waals surface area contributed by atoms with Crippen molar-refractivity contribution >= 4 is 22.9 Å². The minimum atomic E-state index is -0.956. The second kappa shape index (κ2) is 7.23. The summed E-state index contributed by atoms with van der Waals surface area (Å²) < 4.78 is 2.05. The van der Waals surface area contributed by atoms with E-state index in [1.165, 1.54) is 0 Å². The fraction of sp³-hybridized carbons (Fsp3) is 0.286. The molecule has 1 heterocycles. The topological polar surface area (TPSA) is 84.2 Å². The van der Waals surface area contributed by atoms with Crippen LogP contribution in [-0.4, -0.2) is 32.6 Å². The molecule has 27 heavy (non-hydrogen) atoms. The fourth-order valence-corrected chi connectivity index (χ4v) is 3.39. The van der Waals surface area contributed by atoms with Gasteiger partial charge in [-0.2, -0.15) is 0 Å². The Morgan fingerprint density at radius 1 is 1.11 bits per heavy atom. The summed E-state index contributed by atoms with van der Waals surface area (Å²) in [5.41, 5.74) is 2.85. The summed E-state index contributed by atoms with van der Waals surface area (Å²) >= 11 is 0. The maximum atomic E-state index is 12.3. The summed E-state index contributed by atoms with van der Waals surface area (Å²) in [6.45, 7) is 0.